The summed E-state index contributed by atoms with van der Waals surface area (Å²) < 4.78 is 0. The van der Waals surface area contributed by atoms with Crippen LogP contribution in [0.1, 0.15) is 39.5 Å². The Hall–Kier alpha value is -3.12. The van der Waals surface area contributed by atoms with Crippen LogP contribution in [0.15, 0.2) is 15.3 Å². The number of hydrogen-bond acceptors (Lipinski definition) is 8. The number of imide groups is 1. The van der Waals surface area contributed by atoms with Crippen molar-refractivity contribution in [1.82, 2.24) is 10.1 Å². The second kappa shape index (κ2) is 14.3. The van der Waals surface area contributed by atoms with Gasteiger partial charge in [-0.15, -0.1) is 5.01 Å². The molecule has 0 radical (unpaired) electrons. The summed E-state index contributed by atoms with van der Waals surface area (Å²) >= 11 is 0. The topological polar surface area (TPSA) is 155 Å². The highest BCUT2D eigenvalue weighted by Crippen LogP contribution is 2.00. The number of nitrogens with zero attached hydrogens (tertiary/aromatic N) is 5. The summed E-state index contributed by atoms with van der Waals surface area (Å²) in [5.41, 5.74) is 4.64. The molecule has 0 fully saturated rings. The van der Waals surface area contributed by atoms with Gasteiger partial charge in [0, 0.05) is 0 Å². The predicted octanol–water partition coefficient (Wildman–Crippen LogP) is 1.13. The number of unbranched alkanes of at least 4 members (excludes halogenated alkanes) is 3. The number of primary amides is 1. The molecular weight excluding hydrogens is 296 g/mol. The fourth-order valence-electron chi connectivity index (χ4n) is 0.997. The molecule has 22 heavy (non-hydrogen) atoms. The average Bonchev–Trinajstić information content (AvgIpc) is 2.50. The van der Waals surface area contributed by atoms with E-state index in [0.29, 0.717) is 0 Å². The Morgan fingerprint density at radius 1 is 0.909 bits per heavy atom. The van der Waals surface area contributed by atoms with Gasteiger partial charge in [-0.05, 0) is 0 Å². The van der Waals surface area contributed by atoms with Crippen molar-refractivity contribution in [1.29, 1.82) is 0 Å². The van der Waals surface area contributed by atoms with Gasteiger partial charge in [-0.2, -0.15) is 0 Å². The molecule has 0 spiro atoms. The van der Waals surface area contributed by atoms with E-state index in [2.05, 4.69) is 34.9 Å². The van der Waals surface area contributed by atoms with Gasteiger partial charge in [0.15, 0.2) is 0 Å². The molecule has 0 aliphatic heterocycles. The van der Waals surface area contributed by atoms with E-state index < -0.39 is 12.1 Å². The second-order valence-corrected chi connectivity index (χ2v) is 3.50. The average molecular weight is 312 g/mol. The molecule has 11 nitrogen and oxygen atoms in total. The molecule has 4 amide bonds. The van der Waals surface area contributed by atoms with Gasteiger partial charge in [0.1, 0.15) is 0 Å². The van der Waals surface area contributed by atoms with Gasteiger partial charge in [0.05, 0.1) is 0 Å². The zero-order chi connectivity index (χ0) is 17.4. The molecule has 120 valence electrons. The zero-order valence-electron chi connectivity index (χ0n) is 12.2. The van der Waals surface area contributed by atoms with E-state index in [1.54, 1.807) is 0 Å². The number of carbonyl (C=O) groups is 2. The molecule has 0 saturated heterocycles. The summed E-state index contributed by atoms with van der Waals surface area (Å²) in [6.45, 7) is 4.46. The van der Waals surface area contributed by atoms with Crippen LogP contribution in [0.5, 0.6) is 0 Å². The van der Waals surface area contributed by atoms with Crippen LogP contribution in [0.2, 0.25) is 0 Å². The van der Waals surface area contributed by atoms with Crippen molar-refractivity contribution in [3.63, 3.8) is 0 Å². The Labute approximate surface area is 126 Å². The van der Waals surface area contributed by atoms with E-state index >= 15 is 0 Å². The Morgan fingerprint density at radius 2 is 1.32 bits per heavy atom. The minimum Gasteiger partial charge on any atom is -0.350 e. The van der Waals surface area contributed by atoms with E-state index in [-0.39, 0.29) is 10.1 Å². The number of amides is 4. The lowest BCUT2D eigenvalue weighted by Gasteiger charge is -2.12. The van der Waals surface area contributed by atoms with Crippen LogP contribution in [0.3, 0.4) is 0 Å². The maximum absolute atomic E-state index is 11.2. The summed E-state index contributed by atoms with van der Waals surface area (Å²) in [7, 11) is 0. The maximum atomic E-state index is 11.2. The Bertz CT molecular complexity index is 447. The summed E-state index contributed by atoms with van der Waals surface area (Å²) in [6, 6.07) is -3.02. The highest BCUT2D eigenvalue weighted by molar-refractivity contribution is 5.92. The quantitative estimate of drug-likeness (QED) is 0.337. The molecule has 0 rings (SSSR count). The van der Waals surface area contributed by atoms with Crippen molar-refractivity contribution in [3.8, 4) is 0 Å². The minimum absolute atomic E-state index is 0.189. The first-order valence-corrected chi connectivity index (χ1v) is 6.17. The van der Waals surface area contributed by atoms with Crippen LogP contribution in [-0.4, -0.2) is 40.4 Å². The van der Waals surface area contributed by atoms with E-state index in [1.165, 1.54) is 25.7 Å². The van der Waals surface area contributed by atoms with Crippen molar-refractivity contribution in [3.05, 3.63) is 0 Å². The number of isocyanates is 3. The van der Waals surface area contributed by atoms with Crippen molar-refractivity contribution in [2.24, 2.45) is 21.0 Å². The van der Waals surface area contributed by atoms with Gasteiger partial charge < -0.3 is 5.73 Å². The van der Waals surface area contributed by atoms with Crippen LogP contribution < -0.4 is 5.73 Å². The van der Waals surface area contributed by atoms with Gasteiger partial charge in [-0.25, -0.2) is 24.0 Å². The predicted molar refractivity (Wildman–Crippen MR) is 72.8 cm³/mol. The Balaban J connectivity index is 0. The van der Waals surface area contributed by atoms with Crippen molar-refractivity contribution >= 4 is 30.3 Å². The summed E-state index contributed by atoms with van der Waals surface area (Å²) in [5.74, 6) is 0. The first-order chi connectivity index (χ1) is 10.5. The highest BCUT2D eigenvalue weighted by Gasteiger charge is 2.25. The number of nitrogens with two attached hydrogens (primary N) is 1. The van der Waals surface area contributed by atoms with Crippen molar-refractivity contribution < 1.29 is 24.0 Å². The molecule has 2 N–H and O–H groups in total. The number of hydrazone groups is 3. The molecule has 0 aromatic carbocycles. The molecule has 0 aromatic heterocycles. The third kappa shape index (κ3) is 9.76. The van der Waals surface area contributed by atoms with E-state index in [1.807, 2.05) is 0 Å². The first kappa shape index (κ1) is 21.2. The monoisotopic (exact) mass is 312 g/mol. The van der Waals surface area contributed by atoms with Crippen LogP contribution in [0.25, 0.3) is 0 Å². The maximum Gasteiger partial charge on any atom is 0.393 e. The number of urea groups is 2. The third-order valence-electron chi connectivity index (χ3n) is 1.93. The molecular formula is C11H16N6O5. The molecule has 0 aromatic rings. The van der Waals surface area contributed by atoms with Gasteiger partial charge in [-0.1, -0.05) is 60.0 Å². The highest BCUT2D eigenvalue weighted by atomic mass is 16.2. The van der Waals surface area contributed by atoms with Gasteiger partial charge in [0.2, 0.25) is 0 Å². The number of carbonyl (C=O) groups excluding carboxylic acids is 5. The van der Waals surface area contributed by atoms with Crippen LogP contribution in [0, 0.1) is 0 Å². The summed E-state index contributed by atoms with van der Waals surface area (Å²) in [6.07, 6.45) is 8.09. The summed E-state index contributed by atoms with van der Waals surface area (Å²) in [5, 5.41) is 7.39. The van der Waals surface area contributed by atoms with E-state index in [9.17, 15) is 24.0 Å². The standard InChI is InChI=1S/C6H14.C5H2N6O5/c1-3-5-6-4-2;6-4(15)10(7-1-12)5(16)11(8-2-13)9-3-14/h3-6H2,1-2H3;(H2,6,15). The molecule has 11 heteroatoms. The SMILES string of the molecule is CCCCCC.NC(=O)N(N=C=O)C(=O)N(N=C=O)N=C=O. The molecule has 0 bridgehead atoms. The van der Waals surface area contributed by atoms with Crippen LogP contribution >= 0.6 is 0 Å². The summed E-state index contributed by atoms with van der Waals surface area (Å²) in [4.78, 5) is 51.3. The van der Waals surface area contributed by atoms with E-state index in [4.69, 9.17) is 0 Å². The van der Waals surface area contributed by atoms with Crippen LogP contribution in [-0.2, 0) is 14.4 Å². The molecule has 0 heterocycles. The lowest BCUT2D eigenvalue weighted by molar-refractivity contribution is 0.161. The smallest absolute Gasteiger partial charge is 0.350 e. The largest absolute Gasteiger partial charge is 0.393 e. The lowest BCUT2D eigenvalue weighted by atomic mass is 10.2. The van der Waals surface area contributed by atoms with Gasteiger partial charge in [-0.3, -0.25) is 0 Å². The fourth-order valence-corrected chi connectivity index (χ4v) is 0.997. The molecule has 0 aliphatic rings. The first-order valence-electron chi connectivity index (χ1n) is 6.17. The van der Waals surface area contributed by atoms with Gasteiger partial charge >= 0.3 is 12.1 Å². The van der Waals surface area contributed by atoms with Gasteiger partial charge in [0.25, 0.3) is 18.2 Å². The van der Waals surface area contributed by atoms with Crippen LogP contribution in [0.4, 0.5) is 9.59 Å². The van der Waals surface area contributed by atoms with E-state index in [0.717, 1.165) is 18.2 Å². The van der Waals surface area contributed by atoms with Crippen molar-refractivity contribution in [2.75, 3.05) is 0 Å². The number of rotatable bonds is 6. The molecule has 0 saturated carbocycles. The molecule has 0 aliphatic carbocycles. The van der Waals surface area contributed by atoms with Crippen molar-refractivity contribution in [2.45, 2.75) is 39.5 Å². The lowest BCUT2D eigenvalue weighted by Crippen LogP contribution is -2.41. The Kier molecular flexibility index (Phi) is 13.8. The minimum atomic E-state index is -1.55. The molecule has 0 unspecified atom stereocenters. The molecule has 0 atom stereocenters. The normalized spacial score (nSPS) is 7.91. The third-order valence-corrected chi connectivity index (χ3v) is 1.93. The second-order valence-electron chi connectivity index (χ2n) is 3.50. The zero-order valence-corrected chi connectivity index (χ0v) is 12.2. The Morgan fingerprint density at radius 3 is 1.59 bits per heavy atom. The number of hydrogen-bond donors (Lipinski definition) is 1. The fraction of sp³-hybridized carbons (Fsp3) is 0.545.